The molecule has 1 aliphatic carbocycles. The van der Waals surface area contributed by atoms with E-state index in [2.05, 4.69) is 10.5 Å². The molecule has 6 nitrogen and oxygen atoms in total. The van der Waals surface area contributed by atoms with Crippen molar-refractivity contribution in [2.75, 3.05) is 7.05 Å². The fraction of sp³-hybridized carbons (Fsp3) is 0.381. The van der Waals surface area contributed by atoms with Gasteiger partial charge in [-0.05, 0) is 38.3 Å². The summed E-state index contributed by atoms with van der Waals surface area (Å²) in [5.74, 6) is -0.346. The van der Waals surface area contributed by atoms with E-state index in [1.165, 1.54) is 12.1 Å². The van der Waals surface area contributed by atoms with Crippen molar-refractivity contribution in [2.24, 2.45) is 0 Å². The van der Waals surface area contributed by atoms with Crippen LogP contribution in [-0.2, 0) is 4.79 Å². The van der Waals surface area contributed by atoms with Gasteiger partial charge in [-0.1, -0.05) is 17.3 Å². The van der Waals surface area contributed by atoms with Gasteiger partial charge in [0.2, 0.25) is 5.91 Å². The second-order valence-corrected chi connectivity index (χ2v) is 7.48. The van der Waals surface area contributed by atoms with E-state index in [0.29, 0.717) is 34.6 Å². The lowest BCUT2D eigenvalue weighted by Gasteiger charge is -2.29. The van der Waals surface area contributed by atoms with Crippen molar-refractivity contribution < 1.29 is 18.5 Å². The van der Waals surface area contributed by atoms with Crippen LogP contribution in [-0.4, -0.2) is 40.9 Å². The molecule has 7 heteroatoms. The number of carbonyl (C=O) groups is 2. The second-order valence-electron chi connectivity index (χ2n) is 7.48. The Morgan fingerprint density at radius 1 is 1.32 bits per heavy atom. The Kier molecular flexibility index (Phi) is 4.75. The number of nitrogens with one attached hydrogen (secondary N) is 1. The second kappa shape index (κ2) is 7.22. The number of hydrogen-bond donors (Lipinski definition) is 1. The van der Waals surface area contributed by atoms with Crippen molar-refractivity contribution in [1.29, 1.82) is 0 Å². The lowest BCUT2D eigenvalue weighted by Crippen LogP contribution is -2.47. The first-order valence-corrected chi connectivity index (χ1v) is 9.44. The van der Waals surface area contributed by atoms with Crippen molar-refractivity contribution in [3.8, 4) is 11.3 Å². The molecule has 1 aromatic heterocycles. The zero-order valence-corrected chi connectivity index (χ0v) is 15.9. The van der Waals surface area contributed by atoms with Crippen molar-refractivity contribution in [3.05, 3.63) is 53.2 Å². The van der Waals surface area contributed by atoms with Crippen LogP contribution in [0.1, 0.15) is 41.8 Å². The molecule has 146 valence electrons. The molecule has 28 heavy (non-hydrogen) atoms. The van der Waals surface area contributed by atoms with Gasteiger partial charge in [0.05, 0.1) is 5.56 Å². The van der Waals surface area contributed by atoms with E-state index in [1.54, 1.807) is 37.2 Å². The number of ketones is 1. The minimum atomic E-state index is -0.413. The molecule has 1 saturated carbocycles. The van der Waals surface area contributed by atoms with E-state index in [0.717, 1.165) is 19.3 Å². The molecular formula is C21H22FN3O3. The van der Waals surface area contributed by atoms with Crippen molar-refractivity contribution in [1.82, 2.24) is 15.4 Å². The summed E-state index contributed by atoms with van der Waals surface area (Å²) in [5.41, 5.74) is 1.62. The SMILES string of the molecule is Cc1onc(-c2cccc(F)c2)c1C(=O)C1=CN(C)C(C(=O)NC2CCC2)C1. The summed E-state index contributed by atoms with van der Waals surface area (Å²) < 4.78 is 18.9. The number of hydrogen-bond acceptors (Lipinski definition) is 5. The maximum Gasteiger partial charge on any atom is 0.243 e. The molecule has 2 aromatic rings. The van der Waals surface area contributed by atoms with Crippen LogP contribution in [0, 0.1) is 12.7 Å². The Morgan fingerprint density at radius 2 is 2.11 bits per heavy atom. The predicted molar refractivity (Wildman–Crippen MR) is 101 cm³/mol. The minimum Gasteiger partial charge on any atom is -0.368 e. The molecule has 1 fully saturated rings. The molecular weight excluding hydrogens is 361 g/mol. The monoisotopic (exact) mass is 383 g/mol. The molecule has 0 spiro atoms. The zero-order valence-electron chi connectivity index (χ0n) is 15.9. The normalized spacial score (nSPS) is 19.3. The maximum atomic E-state index is 13.6. The highest BCUT2D eigenvalue weighted by Crippen LogP contribution is 2.31. The molecule has 0 saturated heterocycles. The molecule has 2 heterocycles. The molecule has 1 atom stereocenters. The summed E-state index contributed by atoms with van der Waals surface area (Å²) in [7, 11) is 1.79. The Morgan fingerprint density at radius 3 is 2.79 bits per heavy atom. The third-order valence-electron chi connectivity index (χ3n) is 5.50. The quantitative estimate of drug-likeness (QED) is 0.803. The topological polar surface area (TPSA) is 75.4 Å². The lowest BCUT2D eigenvalue weighted by molar-refractivity contribution is -0.126. The molecule has 0 radical (unpaired) electrons. The molecule has 1 aliphatic heterocycles. The van der Waals surface area contributed by atoms with Crippen LogP contribution >= 0.6 is 0 Å². The number of likely N-dealkylation sites (N-methyl/N-ethyl adjacent to an activating group) is 1. The number of aryl methyl sites for hydroxylation is 1. The van der Waals surface area contributed by atoms with Gasteiger partial charge in [0.15, 0.2) is 5.78 Å². The molecule has 1 aromatic carbocycles. The van der Waals surface area contributed by atoms with Crippen LogP contribution in [0.3, 0.4) is 0 Å². The van der Waals surface area contributed by atoms with E-state index in [4.69, 9.17) is 4.52 Å². The number of Topliss-reactive ketones (excluding diaryl/α,β-unsaturated/α-hetero) is 1. The summed E-state index contributed by atoms with van der Waals surface area (Å²) in [6, 6.07) is 5.74. The molecule has 1 N–H and O–H groups in total. The lowest BCUT2D eigenvalue weighted by atomic mass is 9.92. The average Bonchev–Trinajstić information content (AvgIpc) is 3.20. The van der Waals surface area contributed by atoms with Crippen LogP contribution < -0.4 is 5.32 Å². The van der Waals surface area contributed by atoms with Gasteiger partial charge in [0, 0.05) is 36.8 Å². The van der Waals surface area contributed by atoms with E-state index in [-0.39, 0.29) is 17.7 Å². The van der Waals surface area contributed by atoms with E-state index in [1.807, 2.05) is 0 Å². The van der Waals surface area contributed by atoms with Crippen LogP contribution in [0.25, 0.3) is 11.3 Å². The highest BCUT2D eigenvalue weighted by molar-refractivity contribution is 6.13. The number of benzene rings is 1. The number of amides is 1. The Bertz CT molecular complexity index is 962. The highest BCUT2D eigenvalue weighted by atomic mass is 19.1. The molecule has 0 bridgehead atoms. The van der Waals surface area contributed by atoms with E-state index < -0.39 is 11.9 Å². The third-order valence-corrected chi connectivity index (χ3v) is 5.50. The van der Waals surface area contributed by atoms with Crippen LogP contribution in [0.4, 0.5) is 4.39 Å². The predicted octanol–water partition coefficient (Wildman–Crippen LogP) is 3.23. The third kappa shape index (κ3) is 3.32. The van der Waals surface area contributed by atoms with Crippen molar-refractivity contribution in [3.63, 3.8) is 0 Å². The van der Waals surface area contributed by atoms with E-state index in [9.17, 15) is 14.0 Å². The van der Waals surface area contributed by atoms with Gasteiger partial charge in [0.1, 0.15) is 23.3 Å². The van der Waals surface area contributed by atoms with Crippen LogP contribution in [0.5, 0.6) is 0 Å². The number of aromatic nitrogens is 1. The molecule has 1 unspecified atom stereocenters. The highest BCUT2D eigenvalue weighted by Gasteiger charge is 2.35. The number of nitrogens with zero attached hydrogens (tertiary/aromatic N) is 2. The molecule has 1 amide bonds. The fourth-order valence-corrected chi connectivity index (χ4v) is 3.65. The summed E-state index contributed by atoms with van der Waals surface area (Å²) >= 11 is 0. The van der Waals surface area contributed by atoms with Gasteiger partial charge < -0.3 is 14.7 Å². The van der Waals surface area contributed by atoms with Gasteiger partial charge in [-0.15, -0.1) is 0 Å². The Hall–Kier alpha value is -2.96. The summed E-state index contributed by atoms with van der Waals surface area (Å²) in [6.45, 7) is 1.66. The smallest absolute Gasteiger partial charge is 0.243 e. The Labute approximate surface area is 162 Å². The Balaban J connectivity index is 1.56. The van der Waals surface area contributed by atoms with Crippen molar-refractivity contribution >= 4 is 11.7 Å². The molecule has 2 aliphatic rings. The average molecular weight is 383 g/mol. The maximum absolute atomic E-state index is 13.6. The first-order valence-electron chi connectivity index (χ1n) is 9.44. The van der Waals surface area contributed by atoms with Gasteiger partial charge in [-0.2, -0.15) is 0 Å². The summed E-state index contributed by atoms with van der Waals surface area (Å²) in [5, 5.41) is 7.01. The van der Waals surface area contributed by atoms with Gasteiger partial charge in [-0.3, -0.25) is 9.59 Å². The van der Waals surface area contributed by atoms with Gasteiger partial charge in [0.25, 0.3) is 0 Å². The minimum absolute atomic E-state index is 0.0568. The fourth-order valence-electron chi connectivity index (χ4n) is 3.65. The standard InChI is InChI=1S/C21H22FN3O3/c1-12-18(19(24-28-12)13-5-3-6-15(22)9-13)20(26)14-10-17(25(2)11-14)21(27)23-16-7-4-8-16/h3,5-6,9,11,16-17H,4,7-8,10H2,1-2H3,(H,23,27). The number of rotatable bonds is 5. The van der Waals surface area contributed by atoms with Crippen molar-refractivity contribution in [2.45, 2.75) is 44.7 Å². The van der Waals surface area contributed by atoms with Gasteiger partial charge >= 0.3 is 0 Å². The number of halogens is 1. The number of carbonyl (C=O) groups excluding carboxylic acids is 2. The van der Waals surface area contributed by atoms with E-state index >= 15 is 0 Å². The van der Waals surface area contributed by atoms with Crippen LogP contribution in [0.2, 0.25) is 0 Å². The van der Waals surface area contributed by atoms with Crippen LogP contribution in [0.15, 0.2) is 40.6 Å². The molecule has 4 rings (SSSR count). The largest absolute Gasteiger partial charge is 0.368 e. The first kappa shape index (κ1) is 18.4. The summed E-state index contributed by atoms with van der Waals surface area (Å²) in [4.78, 5) is 27.5. The van der Waals surface area contributed by atoms with Gasteiger partial charge in [-0.25, -0.2) is 4.39 Å². The zero-order chi connectivity index (χ0) is 19.8. The summed E-state index contributed by atoms with van der Waals surface area (Å²) in [6.07, 6.45) is 5.19. The first-order chi connectivity index (χ1) is 13.4.